The fraction of sp³-hybridized carbons (Fsp3) is 0.0345. The highest BCUT2D eigenvalue weighted by atomic mass is 16.4. The maximum atomic E-state index is 12.7. The van der Waals surface area contributed by atoms with Gasteiger partial charge in [0.05, 0.1) is 11.1 Å². The van der Waals surface area contributed by atoms with E-state index < -0.39 is 5.97 Å². The van der Waals surface area contributed by atoms with E-state index in [9.17, 15) is 9.59 Å². The van der Waals surface area contributed by atoms with Gasteiger partial charge in [0.15, 0.2) is 0 Å². The summed E-state index contributed by atoms with van der Waals surface area (Å²) in [7, 11) is 0. The molecule has 0 saturated carbocycles. The van der Waals surface area contributed by atoms with Crippen molar-refractivity contribution in [3.8, 4) is 11.1 Å². The summed E-state index contributed by atoms with van der Waals surface area (Å²) < 4.78 is 0. The van der Waals surface area contributed by atoms with E-state index in [4.69, 9.17) is 10.1 Å². The number of benzene rings is 4. The topological polar surface area (TPSA) is 104 Å². The predicted molar refractivity (Wildman–Crippen MR) is 141 cm³/mol. The molecule has 1 amide bonds. The quantitative estimate of drug-likeness (QED) is 0.267. The first-order valence-corrected chi connectivity index (χ1v) is 11.3. The summed E-state index contributed by atoms with van der Waals surface area (Å²) in [5.41, 5.74) is 5.64. The molecular weight excluding hydrogens is 452 g/mol. The van der Waals surface area contributed by atoms with E-state index in [1.54, 1.807) is 6.20 Å². The Morgan fingerprint density at radius 1 is 0.833 bits per heavy atom. The molecule has 0 aliphatic heterocycles. The van der Waals surface area contributed by atoms with Gasteiger partial charge in [-0.15, -0.1) is 0 Å². The molecule has 0 atom stereocenters. The van der Waals surface area contributed by atoms with Crippen molar-refractivity contribution in [2.24, 2.45) is 0 Å². The van der Waals surface area contributed by atoms with Crippen LogP contribution in [0.1, 0.15) is 26.3 Å². The lowest BCUT2D eigenvalue weighted by atomic mass is 10.0. The molecular formula is C29H22N4O3. The molecule has 0 aliphatic rings. The molecule has 0 bridgehead atoms. The molecule has 0 unspecified atom stereocenters. The number of amides is 1. The van der Waals surface area contributed by atoms with E-state index in [2.05, 4.69) is 15.6 Å². The first-order chi connectivity index (χ1) is 17.5. The number of aromatic nitrogens is 2. The fourth-order valence-corrected chi connectivity index (χ4v) is 3.89. The Morgan fingerprint density at radius 3 is 2.33 bits per heavy atom. The number of rotatable bonds is 6. The number of nitrogens with one attached hydrogen (secondary N) is 2. The second kappa shape index (κ2) is 9.68. The lowest BCUT2D eigenvalue weighted by Crippen LogP contribution is -2.13. The lowest BCUT2D eigenvalue weighted by molar-refractivity contribution is 0.0696. The van der Waals surface area contributed by atoms with E-state index in [1.165, 1.54) is 24.3 Å². The number of hydrogen-bond acceptors (Lipinski definition) is 5. The van der Waals surface area contributed by atoms with Crippen molar-refractivity contribution in [3.63, 3.8) is 0 Å². The summed E-state index contributed by atoms with van der Waals surface area (Å²) in [6, 6.07) is 27.5. The monoisotopic (exact) mass is 474 g/mol. The minimum absolute atomic E-state index is 0.125. The van der Waals surface area contributed by atoms with Crippen LogP contribution >= 0.6 is 0 Å². The van der Waals surface area contributed by atoms with Crippen LogP contribution in [0.5, 0.6) is 0 Å². The Kier molecular flexibility index (Phi) is 6.11. The number of nitrogens with zero attached hydrogens (tertiary/aromatic N) is 2. The zero-order valence-electron chi connectivity index (χ0n) is 19.4. The summed E-state index contributed by atoms with van der Waals surface area (Å²) in [5.74, 6) is -0.929. The van der Waals surface area contributed by atoms with Gasteiger partial charge in [-0.05, 0) is 54.4 Å². The van der Waals surface area contributed by atoms with Crippen molar-refractivity contribution in [2.75, 3.05) is 10.6 Å². The highest BCUT2D eigenvalue weighted by Gasteiger charge is 2.12. The average Bonchev–Trinajstić information content (AvgIpc) is 2.90. The standard InChI is InChI=1S/C29H22N4O3/c1-18-10-15-23(16-25(18)32-27(34)20-11-13-21(14-12-20)28(35)36)31-29-30-17-22-8-5-9-24(26(22)33-29)19-6-3-2-4-7-19/h2-17H,1H3,(H,32,34)(H,35,36)(H,30,31,33). The Hall–Kier alpha value is -5.04. The molecule has 36 heavy (non-hydrogen) atoms. The highest BCUT2D eigenvalue weighted by Crippen LogP contribution is 2.29. The second-order valence-electron chi connectivity index (χ2n) is 8.29. The van der Waals surface area contributed by atoms with Gasteiger partial charge in [-0.3, -0.25) is 4.79 Å². The Balaban J connectivity index is 1.40. The second-order valence-corrected chi connectivity index (χ2v) is 8.29. The number of aromatic carboxylic acids is 1. The van der Waals surface area contributed by atoms with Crippen LogP contribution in [-0.2, 0) is 0 Å². The molecule has 0 radical (unpaired) electrons. The number of carbonyl (C=O) groups excluding carboxylic acids is 1. The number of carboxylic acid groups (broad SMARTS) is 1. The van der Waals surface area contributed by atoms with Gasteiger partial charge in [0.2, 0.25) is 5.95 Å². The first kappa shape index (κ1) is 22.7. The number of anilines is 3. The van der Waals surface area contributed by atoms with Crippen LogP contribution in [0.4, 0.5) is 17.3 Å². The van der Waals surface area contributed by atoms with E-state index in [1.807, 2.05) is 73.7 Å². The summed E-state index contributed by atoms with van der Waals surface area (Å²) in [6.45, 7) is 1.89. The number of carbonyl (C=O) groups is 2. The molecule has 1 heterocycles. The third-order valence-corrected chi connectivity index (χ3v) is 5.83. The van der Waals surface area contributed by atoms with Crippen molar-refractivity contribution in [2.45, 2.75) is 6.92 Å². The number of carboxylic acids is 1. The smallest absolute Gasteiger partial charge is 0.335 e. The lowest BCUT2D eigenvalue weighted by Gasteiger charge is -2.13. The van der Waals surface area contributed by atoms with Gasteiger partial charge in [-0.1, -0.05) is 54.6 Å². The van der Waals surface area contributed by atoms with Crippen LogP contribution in [0, 0.1) is 6.92 Å². The fourth-order valence-electron chi connectivity index (χ4n) is 3.89. The Bertz CT molecular complexity index is 1580. The predicted octanol–water partition coefficient (Wildman–Crippen LogP) is 6.30. The summed E-state index contributed by atoms with van der Waals surface area (Å²) in [5, 5.41) is 16.1. The zero-order chi connectivity index (χ0) is 25.1. The van der Waals surface area contributed by atoms with Gasteiger partial charge in [0.1, 0.15) is 0 Å². The molecule has 0 fully saturated rings. The van der Waals surface area contributed by atoms with E-state index in [-0.39, 0.29) is 11.5 Å². The normalized spacial score (nSPS) is 10.7. The molecule has 7 heteroatoms. The minimum atomic E-state index is -1.04. The van der Waals surface area contributed by atoms with Crippen LogP contribution in [0.15, 0.2) is 97.2 Å². The van der Waals surface area contributed by atoms with Crippen LogP contribution in [0.2, 0.25) is 0 Å². The molecule has 0 aliphatic carbocycles. The van der Waals surface area contributed by atoms with Crippen molar-refractivity contribution in [1.29, 1.82) is 0 Å². The zero-order valence-corrected chi connectivity index (χ0v) is 19.4. The van der Waals surface area contributed by atoms with Crippen molar-refractivity contribution in [3.05, 3.63) is 114 Å². The number of para-hydroxylation sites is 1. The Labute approximate surface area is 207 Å². The molecule has 5 aromatic rings. The van der Waals surface area contributed by atoms with E-state index >= 15 is 0 Å². The highest BCUT2D eigenvalue weighted by molar-refractivity contribution is 6.05. The minimum Gasteiger partial charge on any atom is -0.478 e. The SMILES string of the molecule is Cc1ccc(Nc2ncc3cccc(-c4ccccc4)c3n2)cc1NC(=O)c1ccc(C(=O)O)cc1. The number of hydrogen-bond donors (Lipinski definition) is 3. The van der Waals surface area contributed by atoms with Crippen molar-refractivity contribution < 1.29 is 14.7 Å². The molecule has 0 saturated heterocycles. The summed E-state index contributed by atoms with van der Waals surface area (Å²) >= 11 is 0. The number of aryl methyl sites for hydroxylation is 1. The molecule has 176 valence electrons. The van der Waals surface area contributed by atoms with Gasteiger partial charge < -0.3 is 15.7 Å². The van der Waals surface area contributed by atoms with Gasteiger partial charge in [0.25, 0.3) is 5.91 Å². The molecule has 5 rings (SSSR count). The van der Waals surface area contributed by atoms with Gasteiger partial charge >= 0.3 is 5.97 Å². The summed E-state index contributed by atoms with van der Waals surface area (Å²) in [6.07, 6.45) is 1.79. The van der Waals surface area contributed by atoms with Gasteiger partial charge in [-0.2, -0.15) is 0 Å². The van der Waals surface area contributed by atoms with Gasteiger partial charge in [0, 0.05) is 34.1 Å². The first-order valence-electron chi connectivity index (χ1n) is 11.3. The van der Waals surface area contributed by atoms with E-state index in [0.717, 1.165) is 27.6 Å². The van der Waals surface area contributed by atoms with Crippen molar-refractivity contribution in [1.82, 2.24) is 9.97 Å². The van der Waals surface area contributed by atoms with E-state index in [0.29, 0.717) is 22.9 Å². The van der Waals surface area contributed by atoms with Crippen LogP contribution in [0.3, 0.4) is 0 Å². The van der Waals surface area contributed by atoms with Gasteiger partial charge in [-0.25, -0.2) is 14.8 Å². The molecule has 4 aromatic carbocycles. The maximum Gasteiger partial charge on any atom is 0.335 e. The third kappa shape index (κ3) is 4.76. The maximum absolute atomic E-state index is 12.7. The van der Waals surface area contributed by atoms with Crippen LogP contribution in [-0.4, -0.2) is 27.0 Å². The average molecular weight is 475 g/mol. The van der Waals surface area contributed by atoms with Crippen LogP contribution < -0.4 is 10.6 Å². The summed E-state index contributed by atoms with van der Waals surface area (Å²) in [4.78, 5) is 33.0. The largest absolute Gasteiger partial charge is 0.478 e. The Morgan fingerprint density at radius 2 is 1.58 bits per heavy atom. The molecule has 7 nitrogen and oxygen atoms in total. The van der Waals surface area contributed by atoms with Crippen molar-refractivity contribution >= 4 is 40.1 Å². The van der Waals surface area contributed by atoms with Crippen LogP contribution in [0.25, 0.3) is 22.0 Å². The number of fused-ring (bicyclic) bond motifs is 1. The third-order valence-electron chi connectivity index (χ3n) is 5.83. The molecule has 0 spiro atoms. The molecule has 3 N–H and O–H groups in total. The molecule has 1 aromatic heterocycles.